The normalized spacial score (nSPS) is 22.7. The Morgan fingerprint density at radius 1 is 1.05 bits per heavy atom. The molecule has 42 heavy (non-hydrogen) atoms. The number of benzene rings is 2. The maximum absolute atomic E-state index is 13.8. The number of nitrogens with one attached hydrogen (secondary N) is 1. The van der Waals surface area contributed by atoms with E-state index < -0.39 is 29.4 Å². The van der Waals surface area contributed by atoms with Gasteiger partial charge in [-0.25, -0.2) is 0 Å². The number of carbonyl (C=O) groups is 2. The molecule has 6 rings (SSSR count). The van der Waals surface area contributed by atoms with Crippen molar-refractivity contribution < 1.29 is 21.2 Å². The van der Waals surface area contributed by atoms with Crippen LogP contribution in [-0.2, 0) is 26.4 Å². The fourth-order valence-corrected chi connectivity index (χ4v) is 6.35. The van der Waals surface area contributed by atoms with Gasteiger partial charge in [0.2, 0.25) is 0 Å². The van der Waals surface area contributed by atoms with Gasteiger partial charge in [0.1, 0.15) is 0 Å². The largest absolute Gasteiger partial charge is 0.372 e. The molecule has 4 aromatic rings. The Bertz CT molecular complexity index is 2040. The summed E-state index contributed by atoms with van der Waals surface area (Å²) in [7, 11) is 2.03. The summed E-state index contributed by atoms with van der Waals surface area (Å²) in [5.74, 6) is -1.32. The van der Waals surface area contributed by atoms with Crippen LogP contribution < -0.4 is 5.32 Å². The number of aryl methyl sites for hydroxylation is 2. The summed E-state index contributed by atoms with van der Waals surface area (Å²) in [6.45, 7) is 15.2. The van der Waals surface area contributed by atoms with Gasteiger partial charge >= 0.3 is 0 Å². The lowest BCUT2D eigenvalue weighted by Crippen LogP contribution is -2.42. The zero-order chi connectivity index (χ0) is 34.4. The van der Waals surface area contributed by atoms with Crippen LogP contribution in [0.15, 0.2) is 48.7 Å². The van der Waals surface area contributed by atoms with Crippen molar-refractivity contribution in [3.05, 3.63) is 70.9 Å². The second-order valence-corrected chi connectivity index (χ2v) is 12.8. The number of amides is 2. The Morgan fingerprint density at radius 2 is 1.71 bits per heavy atom. The van der Waals surface area contributed by atoms with Crippen molar-refractivity contribution in [2.45, 2.75) is 85.2 Å². The lowest BCUT2D eigenvalue weighted by molar-refractivity contribution is -0.122. The highest BCUT2D eigenvalue weighted by Crippen LogP contribution is 2.41. The molecule has 1 N–H and O–H groups in total. The summed E-state index contributed by atoms with van der Waals surface area (Å²) in [4.78, 5) is 29.8. The van der Waals surface area contributed by atoms with E-state index in [1.54, 1.807) is 4.57 Å². The smallest absolute Gasteiger partial charge is 0.259 e. The molecule has 2 atom stereocenters. The Balaban J connectivity index is 1.79. The molecule has 2 aromatic heterocycles. The van der Waals surface area contributed by atoms with E-state index in [4.69, 9.17) is 10.2 Å². The maximum atomic E-state index is 13.8. The van der Waals surface area contributed by atoms with Crippen LogP contribution in [0.4, 0.5) is 0 Å². The average molecular weight is 572 g/mol. The molecule has 0 radical (unpaired) electrons. The van der Waals surface area contributed by atoms with Gasteiger partial charge < -0.3 is 18.8 Å². The van der Waals surface area contributed by atoms with Gasteiger partial charge in [-0.15, -0.1) is 0 Å². The zero-order valence-electron chi connectivity index (χ0n) is 30.7. The van der Waals surface area contributed by atoms with Gasteiger partial charge in [-0.2, -0.15) is 0 Å². The Morgan fingerprint density at radius 3 is 2.43 bits per heavy atom. The Hall–Kier alpha value is -3.68. The van der Waals surface area contributed by atoms with Gasteiger partial charge in [0.05, 0.1) is 30.2 Å². The minimum atomic E-state index is -0.909. The maximum Gasteiger partial charge on any atom is 0.259 e. The molecule has 0 saturated carbocycles. The minimum absolute atomic E-state index is 0.0188. The van der Waals surface area contributed by atoms with Crippen LogP contribution in [0.3, 0.4) is 0 Å². The third-order valence-electron chi connectivity index (χ3n) is 8.90. The molecule has 2 aliphatic heterocycles. The highest BCUT2D eigenvalue weighted by Gasteiger charge is 2.37. The molecule has 7 heteroatoms. The number of ether oxygens (including phenoxy) is 1. The third-order valence-corrected chi connectivity index (χ3v) is 8.90. The number of rotatable bonds is 3. The molecule has 2 aliphatic rings. The highest BCUT2D eigenvalue weighted by atomic mass is 16.5. The molecule has 0 saturated heterocycles. The van der Waals surface area contributed by atoms with E-state index in [1.807, 2.05) is 53.9 Å². The lowest BCUT2D eigenvalue weighted by atomic mass is 9.94. The Labute approximate surface area is 255 Å². The molecular formula is C35H42N4O3. The summed E-state index contributed by atoms with van der Waals surface area (Å²) < 4.78 is 55.2. The van der Waals surface area contributed by atoms with E-state index in [9.17, 15) is 11.0 Å². The SMILES string of the molecule is [2H]c1c([2H])c([2H])c2c(c1[2H])c1c([2H])n2C(C)(C)C[C@@H](CN(C)C(C)C)OC(C)Cn2cc(c3cc(C)c(C)cc32)C2=C1C(=O)NC2=O. The van der Waals surface area contributed by atoms with E-state index in [2.05, 4.69) is 34.7 Å². The summed E-state index contributed by atoms with van der Waals surface area (Å²) in [6.07, 6.45) is 1.52. The summed E-state index contributed by atoms with van der Waals surface area (Å²) in [5.41, 5.74) is 2.73. The summed E-state index contributed by atoms with van der Waals surface area (Å²) in [5, 5.41) is 3.25. The molecule has 0 spiro atoms. The molecule has 2 aromatic carbocycles. The fourth-order valence-electron chi connectivity index (χ4n) is 6.35. The molecule has 1 unspecified atom stereocenters. The molecular weight excluding hydrogens is 524 g/mol. The number of likely N-dealkylation sites (N-methyl/N-ethyl adjacent to an activating group) is 1. The first-order valence-corrected chi connectivity index (χ1v) is 14.6. The molecule has 0 aliphatic carbocycles. The molecule has 7 nitrogen and oxygen atoms in total. The average Bonchev–Trinajstić information content (AvgIpc) is 3.57. The second-order valence-electron chi connectivity index (χ2n) is 12.8. The van der Waals surface area contributed by atoms with Crippen molar-refractivity contribution in [2.75, 3.05) is 13.6 Å². The van der Waals surface area contributed by atoms with Gasteiger partial charge in [0.15, 0.2) is 0 Å². The molecule has 4 heterocycles. The first-order valence-electron chi connectivity index (χ1n) is 17.1. The number of fused-ring (bicyclic) bond motifs is 12. The lowest BCUT2D eigenvalue weighted by Gasteiger charge is -2.36. The van der Waals surface area contributed by atoms with Gasteiger partial charge in [-0.1, -0.05) is 18.1 Å². The number of carbonyl (C=O) groups excluding carboxylic acids is 2. The van der Waals surface area contributed by atoms with E-state index in [0.29, 0.717) is 25.1 Å². The standard InChI is InChI=1S/C35H42N4O3/c1-20(2)37(8)17-24-15-35(6,7)39-19-28(25-11-9-10-12-29(25)39)32-31(33(40)36-34(32)41)27-18-38(16-23(5)42-24)30-14-22(4)21(3)13-26(27)30/h9-14,18-20,23-24H,15-17H2,1-8H3,(H,36,40,41)/t23?,24-/m0/s1/i9D,10D,11D,12D,19D. The predicted octanol–water partition coefficient (Wildman–Crippen LogP) is 6.03. The summed E-state index contributed by atoms with van der Waals surface area (Å²) in [6, 6.07) is 2.74. The van der Waals surface area contributed by atoms with Gasteiger partial charge in [-0.3, -0.25) is 14.9 Å². The van der Waals surface area contributed by atoms with Crippen LogP contribution >= 0.6 is 0 Å². The van der Waals surface area contributed by atoms with Crippen molar-refractivity contribution in [1.82, 2.24) is 19.4 Å². The monoisotopic (exact) mass is 571 g/mol. The van der Waals surface area contributed by atoms with Crippen molar-refractivity contribution >= 4 is 44.8 Å². The minimum Gasteiger partial charge on any atom is -0.372 e. The van der Waals surface area contributed by atoms with Gasteiger partial charge in [0, 0.05) is 70.0 Å². The van der Waals surface area contributed by atoms with Crippen LogP contribution in [0.2, 0.25) is 0 Å². The topological polar surface area (TPSA) is 68.5 Å². The highest BCUT2D eigenvalue weighted by molar-refractivity contribution is 6.50. The Kier molecular flexibility index (Phi) is 5.58. The summed E-state index contributed by atoms with van der Waals surface area (Å²) >= 11 is 0. The number of hydrogen-bond donors (Lipinski definition) is 1. The molecule has 2 amide bonds. The van der Waals surface area contributed by atoms with Crippen LogP contribution in [0.25, 0.3) is 33.0 Å². The number of aromatic nitrogens is 2. The number of para-hydroxylation sites is 1. The van der Waals surface area contributed by atoms with Crippen LogP contribution in [0.1, 0.15) is 70.1 Å². The van der Waals surface area contributed by atoms with Crippen LogP contribution in [0, 0.1) is 13.8 Å². The van der Waals surface area contributed by atoms with Gasteiger partial charge in [-0.05, 0) is 91.2 Å². The molecule has 220 valence electrons. The number of imide groups is 1. The van der Waals surface area contributed by atoms with Crippen molar-refractivity contribution in [1.29, 1.82) is 0 Å². The van der Waals surface area contributed by atoms with E-state index in [-0.39, 0.29) is 64.1 Å². The van der Waals surface area contributed by atoms with Crippen LogP contribution in [0.5, 0.6) is 0 Å². The van der Waals surface area contributed by atoms with Gasteiger partial charge in [0.25, 0.3) is 11.8 Å². The second kappa shape index (κ2) is 10.2. The van der Waals surface area contributed by atoms with E-state index in [0.717, 1.165) is 22.0 Å². The quantitative estimate of drug-likeness (QED) is 0.305. The van der Waals surface area contributed by atoms with Crippen molar-refractivity contribution in [2.24, 2.45) is 0 Å². The van der Waals surface area contributed by atoms with Crippen molar-refractivity contribution in [3.8, 4) is 0 Å². The first-order chi connectivity index (χ1) is 21.9. The zero-order valence-corrected chi connectivity index (χ0v) is 25.7. The van der Waals surface area contributed by atoms with E-state index >= 15 is 0 Å². The first kappa shape index (κ1) is 22.9. The fraction of sp³-hybridized carbons (Fsp3) is 0.429. The predicted molar refractivity (Wildman–Crippen MR) is 169 cm³/mol. The number of hydrogen-bond acceptors (Lipinski definition) is 4. The third kappa shape index (κ3) is 4.69. The van der Waals surface area contributed by atoms with Crippen molar-refractivity contribution in [3.63, 3.8) is 0 Å². The van der Waals surface area contributed by atoms with E-state index in [1.165, 1.54) is 0 Å². The molecule has 4 bridgehead atoms. The molecule has 0 fully saturated rings. The van der Waals surface area contributed by atoms with Crippen LogP contribution in [-0.4, -0.2) is 57.7 Å². The number of nitrogens with zero attached hydrogens (tertiary/aromatic N) is 3.